The molecule has 1 aromatic heterocycles. The number of rotatable bonds is 3. The molecule has 0 unspecified atom stereocenters. The monoisotopic (exact) mass is 482 g/mol. The first-order valence-electron chi connectivity index (χ1n) is 9.35. The average molecular weight is 484 g/mol. The number of anilines is 1. The number of hydrogen-bond acceptors (Lipinski definition) is 3. The van der Waals surface area contributed by atoms with Crippen LogP contribution >= 0.6 is 46.1 Å². The Balaban J connectivity index is 1.55. The van der Waals surface area contributed by atoms with Gasteiger partial charge in [-0.3, -0.25) is 4.79 Å². The molecule has 0 bridgehead atoms. The van der Waals surface area contributed by atoms with Crippen LogP contribution in [0.5, 0.6) is 0 Å². The average Bonchev–Trinajstić information content (AvgIpc) is 3.19. The summed E-state index contributed by atoms with van der Waals surface area (Å²) >= 11 is 20.7. The van der Waals surface area contributed by atoms with E-state index in [1.807, 2.05) is 42.5 Å². The van der Waals surface area contributed by atoms with E-state index in [1.165, 1.54) is 11.3 Å². The van der Waals surface area contributed by atoms with Gasteiger partial charge in [-0.15, -0.1) is 11.3 Å². The quantitative estimate of drug-likeness (QED) is 0.280. The highest BCUT2D eigenvalue weighted by Crippen LogP contribution is 2.39. The minimum absolute atomic E-state index is 0.285. The van der Waals surface area contributed by atoms with Gasteiger partial charge in [0, 0.05) is 21.5 Å². The summed E-state index contributed by atoms with van der Waals surface area (Å²) in [5.41, 5.74) is 2.58. The SMILES string of the molecule is O=C(Nc1cc(-c2nc3ccccc3s2)c(Cl)cc1Cl)c1cccc2c(Cl)cccc12. The Kier molecular flexibility index (Phi) is 5.32. The molecular weight excluding hydrogens is 471 g/mol. The Morgan fingerprint density at radius 2 is 1.58 bits per heavy atom. The van der Waals surface area contributed by atoms with E-state index in [0.717, 1.165) is 26.0 Å². The molecule has 3 nitrogen and oxygen atoms in total. The van der Waals surface area contributed by atoms with Crippen molar-refractivity contribution in [2.45, 2.75) is 0 Å². The third-order valence-corrected chi connectivity index (χ3v) is 6.97. The Morgan fingerprint density at radius 3 is 2.42 bits per heavy atom. The second kappa shape index (κ2) is 8.13. The number of benzene rings is 4. The molecule has 0 saturated carbocycles. The van der Waals surface area contributed by atoms with Gasteiger partial charge in [0.25, 0.3) is 5.91 Å². The minimum atomic E-state index is -0.285. The van der Waals surface area contributed by atoms with E-state index in [4.69, 9.17) is 34.8 Å². The van der Waals surface area contributed by atoms with E-state index in [1.54, 1.807) is 30.3 Å². The lowest BCUT2D eigenvalue weighted by atomic mass is 10.0. The number of fused-ring (bicyclic) bond motifs is 2. The van der Waals surface area contributed by atoms with Gasteiger partial charge in [0.1, 0.15) is 5.01 Å². The van der Waals surface area contributed by atoms with Gasteiger partial charge in [-0.2, -0.15) is 0 Å². The number of aromatic nitrogens is 1. The third-order valence-electron chi connectivity index (χ3n) is 4.94. The Bertz CT molecular complexity index is 1450. The number of nitrogens with one attached hydrogen (secondary N) is 1. The normalized spacial score (nSPS) is 11.2. The lowest BCUT2D eigenvalue weighted by molar-refractivity contribution is 0.102. The van der Waals surface area contributed by atoms with Crippen LogP contribution in [-0.4, -0.2) is 10.9 Å². The van der Waals surface area contributed by atoms with Gasteiger partial charge >= 0.3 is 0 Å². The molecule has 7 heteroatoms. The van der Waals surface area contributed by atoms with Gasteiger partial charge in [-0.05, 0) is 41.8 Å². The van der Waals surface area contributed by atoms with Crippen LogP contribution in [0.25, 0.3) is 31.6 Å². The van der Waals surface area contributed by atoms with Gasteiger partial charge in [0.15, 0.2) is 0 Å². The molecule has 5 aromatic rings. The minimum Gasteiger partial charge on any atom is -0.321 e. The van der Waals surface area contributed by atoms with Gasteiger partial charge in [-0.25, -0.2) is 4.98 Å². The zero-order chi connectivity index (χ0) is 21.5. The summed E-state index contributed by atoms with van der Waals surface area (Å²) in [6.07, 6.45) is 0. The fourth-order valence-electron chi connectivity index (χ4n) is 3.46. The molecule has 0 aliphatic carbocycles. The molecule has 0 spiro atoms. The highest BCUT2D eigenvalue weighted by Gasteiger charge is 2.17. The molecule has 0 radical (unpaired) electrons. The third kappa shape index (κ3) is 3.77. The summed E-state index contributed by atoms with van der Waals surface area (Å²) in [4.78, 5) is 17.8. The molecule has 0 atom stereocenters. The maximum absolute atomic E-state index is 13.1. The summed E-state index contributed by atoms with van der Waals surface area (Å²) in [5.74, 6) is -0.285. The van der Waals surface area contributed by atoms with Crippen molar-refractivity contribution in [2.75, 3.05) is 5.32 Å². The van der Waals surface area contributed by atoms with Gasteiger partial charge < -0.3 is 5.32 Å². The molecule has 31 heavy (non-hydrogen) atoms. The highest BCUT2D eigenvalue weighted by molar-refractivity contribution is 7.21. The van der Waals surface area contributed by atoms with Crippen LogP contribution in [0, 0.1) is 0 Å². The molecule has 5 rings (SSSR count). The maximum atomic E-state index is 13.1. The van der Waals surface area contributed by atoms with Crippen molar-refractivity contribution >= 4 is 78.7 Å². The molecule has 1 N–H and O–H groups in total. The number of thiazole rings is 1. The molecule has 0 aliphatic rings. The lowest BCUT2D eigenvalue weighted by Crippen LogP contribution is -2.13. The van der Waals surface area contributed by atoms with E-state index < -0.39 is 0 Å². The number of amides is 1. The molecule has 0 aliphatic heterocycles. The molecule has 1 heterocycles. The first kappa shape index (κ1) is 20.3. The number of para-hydroxylation sites is 1. The second-order valence-electron chi connectivity index (χ2n) is 6.89. The van der Waals surface area contributed by atoms with Crippen molar-refractivity contribution in [2.24, 2.45) is 0 Å². The summed E-state index contributed by atoms with van der Waals surface area (Å²) in [7, 11) is 0. The lowest BCUT2D eigenvalue weighted by Gasteiger charge is -2.12. The topological polar surface area (TPSA) is 42.0 Å². The predicted molar refractivity (Wildman–Crippen MR) is 132 cm³/mol. The molecular formula is C24H13Cl3N2OS. The number of hydrogen-bond donors (Lipinski definition) is 1. The molecule has 1 amide bonds. The largest absolute Gasteiger partial charge is 0.321 e. The molecule has 0 saturated heterocycles. The Morgan fingerprint density at radius 1 is 0.806 bits per heavy atom. The first-order valence-corrected chi connectivity index (χ1v) is 11.3. The van der Waals surface area contributed by atoms with E-state index in [0.29, 0.717) is 31.9 Å². The molecule has 4 aromatic carbocycles. The molecule has 0 fully saturated rings. The van der Waals surface area contributed by atoms with Crippen molar-refractivity contribution in [3.05, 3.63) is 93.4 Å². The summed E-state index contributed by atoms with van der Waals surface area (Å²) in [6, 6.07) is 22.2. The van der Waals surface area contributed by atoms with Crippen LogP contribution in [0.15, 0.2) is 72.8 Å². The van der Waals surface area contributed by atoms with Crippen LogP contribution in [0.1, 0.15) is 10.4 Å². The van der Waals surface area contributed by atoms with Gasteiger partial charge in [0.05, 0.1) is 25.9 Å². The smallest absolute Gasteiger partial charge is 0.256 e. The zero-order valence-corrected chi connectivity index (χ0v) is 18.9. The fraction of sp³-hybridized carbons (Fsp3) is 0. The van der Waals surface area contributed by atoms with Crippen LogP contribution in [0.3, 0.4) is 0 Å². The Hall–Kier alpha value is -2.63. The van der Waals surface area contributed by atoms with E-state index in [-0.39, 0.29) is 5.91 Å². The standard InChI is InChI=1S/C24H13Cl3N2OS/c25-17-8-4-5-13-14(17)6-3-7-15(13)23(30)28-21-11-16(18(26)12-19(21)27)24-29-20-9-1-2-10-22(20)31-24/h1-12H,(H,28,30). The maximum Gasteiger partial charge on any atom is 0.256 e. The van der Waals surface area contributed by atoms with Crippen LogP contribution < -0.4 is 5.32 Å². The van der Waals surface area contributed by atoms with Crippen molar-refractivity contribution in [3.8, 4) is 10.6 Å². The molecule has 152 valence electrons. The van der Waals surface area contributed by atoms with Crippen molar-refractivity contribution in [1.29, 1.82) is 0 Å². The summed E-state index contributed by atoms with van der Waals surface area (Å²) in [5, 5.41) is 6.67. The van der Waals surface area contributed by atoms with Crippen molar-refractivity contribution < 1.29 is 4.79 Å². The summed E-state index contributed by atoms with van der Waals surface area (Å²) < 4.78 is 1.06. The number of halogens is 3. The first-order chi connectivity index (χ1) is 15.0. The second-order valence-corrected chi connectivity index (χ2v) is 9.15. The Labute approximate surface area is 197 Å². The van der Waals surface area contributed by atoms with Crippen LogP contribution in [0.4, 0.5) is 5.69 Å². The summed E-state index contributed by atoms with van der Waals surface area (Å²) in [6.45, 7) is 0. The fourth-order valence-corrected chi connectivity index (χ4v) is 5.26. The van der Waals surface area contributed by atoms with Gasteiger partial charge in [0.2, 0.25) is 0 Å². The number of carbonyl (C=O) groups excluding carboxylic acids is 1. The van der Waals surface area contributed by atoms with Crippen LogP contribution in [0.2, 0.25) is 15.1 Å². The van der Waals surface area contributed by atoms with Crippen molar-refractivity contribution in [1.82, 2.24) is 4.98 Å². The zero-order valence-electron chi connectivity index (χ0n) is 15.8. The number of nitrogens with zero attached hydrogens (tertiary/aromatic N) is 1. The highest BCUT2D eigenvalue weighted by atomic mass is 35.5. The van der Waals surface area contributed by atoms with Crippen molar-refractivity contribution in [3.63, 3.8) is 0 Å². The van der Waals surface area contributed by atoms with Gasteiger partial charge in [-0.1, -0.05) is 71.2 Å². The number of carbonyl (C=O) groups is 1. The van der Waals surface area contributed by atoms with Crippen LogP contribution in [-0.2, 0) is 0 Å². The van der Waals surface area contributed by atoms with E-state index in [2.05, 4.69) is 10.3 Å². The van der Waals surface area contributed by atoms with E-state index in [9.17, 15) is 4.79 Å². The predicted octanol–water partition coefficient (Wildman–Crippen LogP) is 8.33. The van der Waals surface area contributed by atoms with E-state index >= 15 is 0 Å².